The van der Waals surface area contributed by atoms with E-state index in [4.69, 9.17) is 23.8 Å². The van der Waals surface area contributed by atoms with Crippen LogP contribution in [0.15, 0.2) is 185 Å². The average molecular weight is 716 g/mol. The number of para-hydroxylation sites is 2. The normalized spacial score (nSPS) is 11.9. The maximum Gasteiger partial charge on any atom is 0.164 e. The van der Waals surface area contributed by atoms with Gasteiger partial charge in [-0.05, 0) is 79.8 Å². The standard InChI is InChI=1S/C51H29N3O2/c1-2-9-37-30(8-1)18-21-33-28-35(22-25-38(33)37)50-52-49(32-19-16-31(17-20-32)39-12-7-15-45-47(39)41-10-3-5-13-43(41)55-45)53-51(54-50)36-23-26-40-34(29-36)24-27-46-48(40)42-11-4-6-14-44(42)56-46/h1-29H. The predicted molar refractivity (Wildman–Crippen MR) is 229 cm³/mol. The van der Waals surface area contributed by atoms with Crippen molar-refractivity contribution in [3.05, 3.63) is 176 Å². The molecule has 12 aromatic rings. The summed E-state index contributed by atoms with van der Waals surface area (Å²) in [5.41, 5.74) is 8.48. The number of nitrogens with zero attached hydrogens (tertiary/aromatic N) is 3. The van der Waals surface area contributed by atoms with E-state index in [1.165, 1.54) is 16.2 Å². The first-order valence-corrected chi connectivity index (χ1v) is 18.8. The second-order valence-electron chi connectivity index (χ2n) is 14.4. The second-order valence-corrected chi connectivity index (χ2v) is 14.4. The molecule has 9 aromatic carbocycles. The zero-order valence-electron chi connectivity index (χ0n) is 29.9. The Bertz CT molecular complexity index is 3540. The molecule has 0 aliphatic carbocycles. The Kier molecular flexibility index (Phi) is 6.56. The van der Waals surface area contributed by atoms with Crippen LogP contribution in [0, 0.1) is 0 Å². The zero-order valence-corrected chi connectivity index (χ0v) is 29.9. The van der Waals surface area contributed by atoms with E-state index in [-0.39, 0.29) is 0 Å². The molecule has 0 unspecified atom stereocenters. The summed E-state index contributed by atoms with van der Waals surface area (Å²) >= 11 is 0. The van der Waals surface area contributed by atoms with Crippen LogP contribution in [0.3, 0.4) is 0 Å². The van der Waals surface area contributed by atoms with Crippen LogP contribution in [0.4, 0.5) is 0 Å². The van der Waals surface area contributed by atoms with Crippen LogP contribution in [-0.4, -0.2) is 15.0 Å². The highest BCUT2D eigenvalue weighted by Gasteiger charge is 2.17. The Morgan fingerprint density at radius 2 is 0.768 bits per heavy atom. The fourth-order valence-corrected chi connectivity index (χ4v) is 8.42. The topological polar surface area (TPSA) is 65.0 Å². The highest BCUT2D eigenvalue weighted by molar-refractivity contribution is 6.19. The van der Waals surface area contributed by atoms with Gasteiger partial charge in [0.05, 0.1) is 0 Å². The first-order chi connectivity index (χ1) is 27.7. The van der Waals surface area contributed by atoms with Gasteiger partial charge in [0.1, 0.15) is 22.3 Å². The summed E-state index contributed by atoms with van der Waals surface area (Å²) in [6, 6.07) is 61.1. The zero-order chi connectivity index (χ0) is 36.7. The van der Waals surface area contributed by atoms with Crippen LogP contribution in [0.1, 0.15) is 0 Å². The predicted octanol–water partition coefficient (Wildman–Crippen LogP) is 13.8. The van der Waals surface area contributed by atoms with Gasteiger partial charge >= 0.3 is 0 Å². The molecule has 0 radical (unpaired) electrons. The van der Waals surface area contributed by atoms with Crippen molar-refractivity contribution >= 4 is 76.2 Å². The summed E-state index contributed by atoms with van der Waals surface area (Å²) in [5.74, 6) is 1.84. The molecule has 0 amide bonds. The molecule has 3 heterocycles. The first kappa shape index (κ1) is 30.8. The summed E-state index contributed by atoms with van der Waals surface area (Å²) in [7, 11) is 0. The van der Waals surface area contributed by atoms with E-state index in [1.807, 2.05) is 30.3 Å². The number of aromatic nitrogens is 3. The van der Waals surface area contributed by atoms with E-state index in [0.717, 1.165) is 87.9 Å². The van der Waals surface area contributed by atoms with Crippen molar-refractivity contribution in [2.24, 2.45) is 0 Å². The minimum atomic E-state index is 0.610. The molecule has 0 atom stereocenters. The SMILES string of the molecule is c1ccc2c(c1)ccc1cc(-c3nc(-c4ccc(-c5cccc6oc7ccccc7c56)cc4)nc(-c4ccc5c(ccc6oc7ccccc7c65)c4)n3)ccc12. The lowest BCUT2D eigenvalue weighted by molar-refractivity contribution is 0.668. The van der Waals surface area contributed by atoms with Crippen LogP contribution in [0.2, 0.25) is 0 Å². The number of furan rings is 2. The largest absolute Gasteiger partial charge is 0.456 e. The number of fused-ring (bicyclic) bond motifs is 11. The monoisotopic (exact) mass is 715 g/mol. The Hall–Kier alpha value is -7.63. The van der Waals surface area contributed by atoms with Crippen molar-refractivity contribution in [1.82, 2.24) is 15.0 Å². The Morgan fingerprint density at radius 3 is 1.50 bits per heavy atom. The molecular formula is C51H29N3O2. The Labute approximate surface area is 320 Å². The van der Waals surface area contributed by atoms with Gasteiger partial charge in [-0.1, -0.05) is 140 Å². The van der Waals surface area contributed by atoms with Gasteiger partial charge in [-0.2, -0.15) is 0 Å². The van der Waals surface area contributed by atoms with Crippen molar-refractivity contribution in [2.45, 2.75) is 0 Å². The minimum absolute atomic E-state index is 0.610. The quantitative estimate of drug-likeness (QED) is 0.170. The molecule has 0 fully saturated rings. The molecule has 12 rings (SSSR count). The number of hydrogen-bond donors (Lipinski definition) is 0. The van der Waals surface area contributed by atoms with E-state index in [2.05, 4.69) is 146 Å². The minimum Gasteiger partial charge on any atom is -0.456 e. The molecule has 3 aromatic heterocycles. The van der Waals surface area contributed by atoms with Gasteiger partial charge in [0.25, 0.3) is 0 Å². The van der Waals surface area contributed by atoms with Crippen LogP contribution in [0.25, 0.3) is 121 Å². The van der Waals surface area contributed by atoms with Gasteiger partial charge in [0.2, 0.25) is 0 Å². The number of hydrogen-bond acceptors (Lipinski definition) is 5. The molecule has 0 spiro atoms. The molecular weight excluding hydrogens is 687 g/mol. The lowest BCUT2D eigenvalue weighted by Crippen LogP contribution is -2.00. The van der Waals surface area contributed by atoms with Gasteiger partial charge in [0, 0.05) is 38.2 Å². The maximum atomic E-state index is 6.20. The number of rotatable bonds is 4. The number of benzene rings is 9. The molecule has 0 N–H and O–H groups in total. The van der Waals surface area contributed by atoms with Crippen molar-refractivity contribution < 1.29 is 8.83 Å². The van der Waals surface area contributed by atoms with Gasteiger partial charge < -0.3 is 8.83 Å². The van der Waals surface area contributed by atoms with Crippen molar-refractivity contribution in [1.29, 1.82) is 0 Å². The highest BCUT2D eigenvalue weighted by Crippen LogP contribution is 2.39. The van der Waals surface area contributed by atoms with E-state index in [0.29, 0.717) is 17.5 Å². The van der Waals surface area contributed by atoms with Crippen LogP contribution >= 0.6 is 0 Å². The molecule has 0 saturated carbocycles. The first-order valence-electron chi connectivity index (χ1n) is 18.8. The van der Waals surface area contributed by atoms with Gasteiger partial charge in [-0.15, -0.1) is 0 Å². The third kappa shape index (κ3) is 4.78. The van der Waals surface area contributed by atoms with Crippen molar-refractivity contribution in [3.8, 4) is 45.3 Å². The fourth-order valence-electron chi connectivity index (χ4n) is 8.42. The van der Waals surface area contributed by atoms with E-state index in [9.17, 15) is 0 Å². The Balaban J connectivity index is 1.02. The summed E-state index contributed by atoms with van der Waals surface area (Å²) in [5, 5.41) is 11.4. The Morgan fingerprint density at radius 1 is 0.286 bits per heavy atom. The molecule has 0 aliphatic rings. The molecule has 0 saturated heterocycles. The highest BCUT2D eigenvalue weighted by atomic mass is 16.3. The molecule has 260 valence electrons. The molecule has 56 heavy (non-hydrogen) atoms. The maximum absolute atomic E-state index is 6.20. The van der Waals surface area contributed by atoms with E-state index < -0.39 is 0 Å². The molecule has 0 aliphatic heterocycles. The van der Waals surface area contributed by atoms with Crippen LogP contribution in [-0.2, 0) is 0 Å². The van der Waals surface area contributed by atoms with Crippen LogP contribution < -0.4 is 0 Å². The average Bonchev–Trinajstić information content (AvgIpc) is 3.85. The van der Waals surface area contributed by atoms with E-state index >= 15 is 0 Å². The van der Waals surface area contributed by atoms with E-state index in [1.54, 1.807) is 0 Å². The third-order valence-corrected chi connectivity index (χ3v) is 11.1. The van der Waals surface area contributed by atoms with Gasteiger partial charge in [-0.25, -0.2) is 15.0 Å². The lowest BCUT2D eigenvalue weighted by atomic mass is 9.98. The molecule has 5 nitrogen and oxygen atoms in total. The second kappa shape index (κ2) is 11.9. The van der Waals surface area contributed by atoms with Crippen molar-refractivity contribution in [2.75, 3.05) is 0 Å². The lowest BCUT2D eigenvalue weighted by Gasteiger charge is -2.11. The van der Waals surface area contributed by atoms with Crippen LogP contribution in [0.5, 0.6) is 0 Å². The van der Waals surface area contributed by atoms with Gasteiger partial charge in [-0.3, -0.25) is 0 Å². The summed E-state index contributed by atoms with van der Waals surface area (Å²) in [4.78, 5) is 15.4. The summed E-state index contributed by atoms with van der Waals surface area (Å²) in [6.07, 6.45) is 0. The fraction of sp³-hybridized carbons (Fsp3) is 0. The smallest absolute Gasteiger partial charge is 0.164 e. The third-order valence-electron chi connectivity index (χ3n) is 11.1. The molecule has 5 heteroatoms. The molecule has 0 bridgehead atoms. The summed E-state index contributed by atoms with van der Waals surface area (Å²) in [6.45, 7) is 0. The van der Waals surface area contributed by atoms with Gasteiger partial charge in [0.15, 0.2) is 17.5 Å². The summed E-state index contributed by atoms with van der Waals surface area (Å²) < 4.78 is 12.4. The van der Waals surface area contributed by atoms with Crippen molar-refractivity contribution in [3.63, 3.8) is 0 Å².